The summed E-state index contributed by atoms with van der Waals surface area (Å²) in [5.41, 5.74) is 2.29. The highest BCUT2D eigenvalue weighted by Crippen LogP contribution is 2.25. The zero-order valence-electron chi connectivity index (χ0n) is 12.0. The highest BCUT2D eigenvalue weighted by atomic mass is 19.4. The molecule has 0 aliphatic rings. The van der Waals surface area contributed by atoms with Crippen molar-refractivity contribution in [2.24, 2.45) is 0 Å². The van der Waals surface area contributed by atoms with Gasteiger partial charge in [-0.2, -0.15) is 13.2 Å². The molecule has 4 nitrogen and oxygen atoms in total. The molecule has 0 bridgehead atoms. The second kappa shape index (κ2) is 6.41. The lowest BCUT2D eigenvalue weighted by Gasteiger charge is -2.23. The summed E-state index contributed by atoms with van der Waals surface area (Å²) in [6.07, 6.45) is -5.35. The van der Waals surface area contributed by atoms with Crippen molar-refractivity contribution in [1.29, 1.82) is 0 Å². The summed E-state index contributed by atoms with van der Waals surface area (Å²) in [7, 11) is 3.04. The first-order valence-electron chi connectivity index (χ1n) is 6.09. The molecule has 0 saturated carbocycles. The van der Waals surface area contributed by atoms with Crippen LogP contribution in [0, 0.1) is 13.8 Å². The van der Waals surface area contributed by atoms with Crippen LogP contribution in [0.25, 0.3) is 0 Å². The Kier molecular flexibility index (Phi) is 5.35. The molecule has 1 rings (SSSR count). The van der Waals surface area contributed by atoms with Gasteiger partial charge in [0.05, 0.1) is 12.8 Å². The molecule has 20 heavy (non-hydrogen) atoms. The lowest BCUT2D eigenvalue weighted by Crippen LogP contribution is -2.39. The summed E-state index contributed by atoms with van der Waals surface area (Å²) in [5.74, 6) is 0.680. The van der Waals surface area contributed by atoms with Gasteiger partial charge in [-0.1, -0.05) is 0 Å². The summed E-state index contributed by atoms with van der Waals surface area (Å²) >= 11 is 0. The van der Waals surface area contributed by atoms with Crippen LogP contribution < -0.4 is 4.74 Å². The van der Waals surface area contributed by atoms with Crippen LogP contribution in [0.1, 0.15) is 16.8 Å². The quantitative estimate of drug-likeness (QED) is 0.902. The summed E-state index contributed by atoms with van der Waals surface area (Å²) in [6.45, 7) is 3.36. The molecule has 1 unspecified atom stereocenters. The molecule has 0 amide bonds. The fourth-order valence-corrected chi connectivity index (χ4v) is 1.95. The van der Waals surface area contributed by atoms with E-state index >= 15 is 0 Å². The topological polar surface area (TPSA) is 45.6 Å². The Morgan fingerprint density at radius 3 is 2.50 bits per heavy atom. The molecule has 1 aromatic rings. The summed E-state index contributed by atoms with van der Waals surface area (Å²) in [5, 5.41) is 9.04. The van der Waals surface area contributed by atoms with E-state index < -0.39 is 18.8 Å². The fourth-order valence-electron chi connectivity index (χ4n) is 1.95. The van der Waals surface area contributed by atoms with Crippen LogP contribution in [0.2, 0.25) is 0 Å². The molecule has 0 aliphatic heterocycles. The molecule has 0 radical (unpaired) electrons. The lowest BCUT2D eigenvalue weighted by atomic mass is 10.1. The van der Waals surface area contributed by atoms with E-state index in [9.17, 15) is 13.2 Å². The molecule has 0 aromatic carbocycles. The second-order valence-electron chi connectivity index (χ2n) is 4.80. The molecule has 1 heterocycles. The maximum absolute atomic E-state index is 12.3. The molecule has 1 atom stereocenters. The number of nitrogens with zero attached hydrogens (tertiary/aromatic N) is 2. The summed E-state index contributed by atoms with van der Waals surface area (Å²) in [6, 6.07) is 0. The standard InChI is InChI=1S/C13H19F3N2O2/c1-8-5-17-10(9(2)12(8)20-4)6-18(3)7-11(19)13(14,15)16/h5,11,19H,6-7H2,1-4H3. The minimum atomic E-state index is -4.61. The first-order chi connectivity index (χ1) is 9.16. The van der Waals surface area contributed by atoms with Gasteiger partial charge in [0.25, 0.3) is 0 Å². The van der Waals surface area contributed by atoms with Crippen molar-refractivity contribution in [3.63, 3.8) is 0 Å². The SMILES string of the molecule is COc1c(C)cnc(CN(C)CC(O)C(F)(F)F)c1C. The van der Waals surface area contributed by atoms with Gasteiger partial charge < -0.3 is 9.84 Å². The van der Waals surface area contributed by atoms with Gasteiger partial charge in [-0.05, 0) is 20.9 Å². The Morgan fingerprint density at radius 2 is 2.00 bits per heavy atom. The van der Waals surface area contributed by atoms with E-state index in [4.69, 9.17) is 9.84 Å². The van der Waals surface area contributed by atoms with Crippen LogP contribution in [0.4, 0.5) is 13.2 Å². The third-order valence-corrected chi connectivity index (χ3v) is 3.03. The van der Waals surface area contributed by atoms with Gasteiger partial charge in [0.1, 0.15) is 5.75 Å². The van der Waals surface area contributed by atoms with Crippen LogP contribution >= 0.6 is 0 Å². The third kappa shape index (κ3) is 4.08. The number of aliphatic hydroxyl groups excluding tert-OH is 1. The van der Waals surface area contributed by atoms with Crippen LogP contribution in [-0.2, 0) is 6.54 Å². The summed E-state index contributed by atoms with van der Waals surface area (Å²) in [4.78, 5) is 5.59. The Morgan fingerprint density at radius 1 is 1.40 bits per heavy atom. The fraction of sp³-hybridized carbons (Fsp3) is 0.615. The predicted molar refractivity (Wildman–Crippen MR) is 68.7 cm³/mol. The van der Waals surface area contributed by atoms with Crippen molar-refractivity contribution in [2.75, 3.05) is 20.7 Å². The number of aryl methyl sites for hydroxylation is 1. The molecule has 7 heteroatoms. The van der Waals surface area contributed by atoms with E-state index in [1.165, 1.54) is 19.1 Å². The number of aliphatic hydroxyl groups is 1. The number of ether oxygens (including phenoxy) is 1. The van der Waals surface area contributed by atoms with E-state index in [2.05, 4.69) is 4.98 Å². The number of likely N-dealkylation sites (N-methyl/N-ethyl adjacent to an activating group) is 1. The van der Waals surface area contributed by atoms with E-state index in [1.807, 2.05) is 13.8 Å². The smallest absolute Gasteiger partial charge is 0.415 e. The van der Waals surface area contributed by atoms with Gasteiger partial charge in [-0.25, -0.2) is 0 Å². The third-order valence-electron chi connectivity index (χ3n) is 3.03. The van der Waals surface area contributed by atoms with Crippen LogP contribution in [0.15, 0.2) is 6.20 Å². The Balaban J connectivity index is 2.79. The average Bonchev–Trinajstić information content (AvgIpc) is 2.32. The zero-order valence-corrected chi connectivity index (χ0v) is 12.0. The molecule has 0 aliphatic carbocycles. The number of halogens is 3. The largest absolute Gasteiger partial charge is 0.496 e. The van der Waals surface area contributed by atoms with Gasteiger partial charge >= 0.3 is 6.18 Å². The van der Waals surface area contributed by atoms with E-state index in [1.54, 1.807) is 6.20 Å². The maximum atomic E-state index is 12.3. The Labute approximate surface area is 116 Å². The molecule has 0 spiro atoms. The number of alkyl halides is 3. The number of methoxy groups -OCH3 is 1. The first-order valence-corrected chi connectivity index (χ1v) is 6.09. The molecule has 0 saturated heterocycles. The number of aromatic nitrogens is 1. The average molecular weight is 292 g/mol. The maximum Gasteiger partial charge on any atom is 0.415 e. The minimum absolute atomic E-state index is 0.204. The highest BCUT2D eigenvalue weighted by molar-refractivity contribution is 5.40. The predicted octanol–water partition coefficient (Wildman–Crippen LogP) is 2.06. The van der Waals surface area contributed by atoms with Gasteiger partial charge in [0.15, 0.2) is 6.10 Å². The van der Waals surface area contributed by atoms with Crippen molar-refractivity contribution in [1.82, 2.24) is 9.88 Å². The van der Waals surface area contributed by atoms with E-state index in [-0.39, 0.29) is 6.54 Å². The first kappa shape index (κ1) is 16.7. The number of pyridine rings is 1. The molecule has 0 fully saturated rings. The van der Waals surface area contributed by atoms with Crippen molar-refractivity contribution < 1.29 is 23.0 Å². The molecular weight excluding hydrogens is 273 g/mol. The lowest BCUT2D eigenvalue weighted by molar-refractivity contribution is -0.207. The Bertz CT molecular complexity index is 464. The monoisotopic (exact) mass is 292 g/mol. The van der Waals surface area contributed by atoms with Gasteiger partial charge in [0.2, 0.25) is 0 Å². The van der Waals surface area contributed by atoms with Gasteiger partial charge in [0, 0.05) is 30.4 Å². The van der Waals surface area contributed by atoms with Crippen molar-refractivity contribution in [3.8, 4) is 5.75 Å². The van der Waals surface area contributed by atoms with Crippen LogP contribution in [0.3, 0.4) is 0 Å². The van der Waals surface area contributed by atoms with Gasteiger partial charge in [-0.15, -0.1) is 0 Å². The van der Waals surface area contributed by atoms with E-state index in [0.717, 1.165) is 11.1 Å². The second-order valence-corrected chi connectivity index (χ2v) is 4.80. The van der Waals surface area contributed by atoms with Crippen molar-refractivity contribution >= 4 is 0 Å². The molecular formula is C13H19F3N2O2. The van der Waals surface area contributed by atoms with Crippen LogP contribution in [0.5, 0.6) is 5.75 Å². The highest BCUT2D eigenvalue weighted by Gasteiger charge is 2.38. The number of rotatable bonds is 5. The van der Waals surface area contributed by atoms with E-state index in [0.29, 0.717) is 11.4 Å². The zero-order chi connectivity index (χ0) is 15.5. The van der Waals surface area contributed by atoms with Crippen LogP contribution in [-0.4, -0.2) is 48.0 Å². The van der Waals surface area contributed by atoms with Crippen molar-refractivity contribution in [3.05, 3.63) is 23.0 Å². The molecule has 1 aromatic heterocycles. The summed E-state index contributed by atoms with van der Waals surface area (Å²) < 4.78 is 42.1. The minimum Gasteiger partial charge on any atom is -0.496 e. The normalized spacial score (nSPS) is 13.7. The number of hydrogen-bond acceptors (Lipinski definition) is 4. The number of hydrogen-bond donors (Lipinski definition) is 1. The van der Waals surface area contributed by atoms with Crippen molar-refractivity contribution in [2.45, 2.75) is 32.7 Å². The Hall–Kier alpha value is -1.34. The molecule has 1 N–H and O–H groups in total. The molecule has 114 valence electrons. The van der Waals surface area contributed by atoms with Gasteiger partial charge in [-0.3, -0.25) is 9.88 Å².